The van der Waals surface area contributed by atoms with Gasteiger partial charge in [-0.2, -0.15) is 5.10 Å². The fraction of sp³-hybridized carbons (Fsp3) is 0.769. The first-order chi connectivity index (χ1) is 8.15. The molecule has 96 valence electrons. The number of methoxy groups -OCH3 is 1. The Bertz CT molecular complexity index is 369. The zero-order valence-electron chi connectivity index (χ0n) is 11.1. The summed E-state index contributed by atoms with van der Waals surface area (Å²) in [6.07, 6.45) is 3.80. The third-order valence-corrected chi connectivity index (χ3v) is 3.60. The van der Waals surface area contributed by atoms with Crippen molar-refractivity contribution < 1.29 is 4.74 Å². The molecule has 1 heterocycles. The van der Waals surface area contributed by atoms with Crippen LogP contribution in [0.4, 0.5) is 0 Å². The Labute approximate surface area is 103 Å². The van der Waals surface area contributed by atoms with E-state index in [-0.39, 0.29) is 0 Å². The molecule has 0 saturated heterocycles. The topological polar surface area (TPSA) is 39.1 Å². The first-order valence-corrected chi connectivity index (χ1v) is 6.34. The molecule has 17 heavy (non-hydrogen) atoms. The Morgan fingerprint density at radius 1 is 1.53 bits per heavy atom. The molecule has 4 heteroatoms. The molecule has 1 aromatic heterocycles. The van der Waals surface area contributed by atoms with E-state index >= 15 is 0 Å². The lowest BCUT2D eigenvalue weighted by atomic mass is 10.00. The Balaban J connectivity index is 1.83. The maximum Gasteiger partial charge on any atom is 0.0596 e. The molecule has 1 aliphatic rings. The van der Waals surface area contributed by atoms with Crippen molar-refractivity contribution in [2.24, 2.45) is 12.5 Å². The quantitative estimate of drug-likeness (QED) is 0.726. The maximum atomic E-state index is 5.04. The van der Waals surface area contributed by atoms with E-state index in [1.54, 1.807) is 7.11 Å². The Kier molecular flexibility index (Phi) is 3.84. The molecule has 0 aromatic carbocycles. The van der Waals surface area contributed by atoms with Gasteiger partial charge in [0.2, 0.25) is 0 Å². The van der Waals surface area contributed by atoms with E-state index in [1.165, 1.54) is 18.5 Å². The number of aryl methyl sites for hydroxylation is 2. The zero-order chi connectivity index (χ0) is 12.3. The smallest absolute Gasteiger partial charge is 0.0596 e. The number of ether oxygens (including phenoxy) is 1. The number of hydrogen-bond acceptors (Lipinski definition) is 3. The van der Waals surface area contributed by atoms with Crippen LogP contribution in [-0.4, -0.2) is 36.6 Å². The molecule has 0 aliphatic heterocycles. The van der Waals surface area contributed by atoms with Crippen LogP contribution < -0.4 is 5.32 Å². The number of nitrogens with zero attached hydrogens (tertiary/aromatic N) is 2. The van der Waals surface area contributed by atoms with E-state index in [2.05, 4.69) is 23.4 Å². The van der Waals surface area contributed by atoms with Gasteiger partial charge in [0, 0.05) is 32.9 Å². The molecule has 0 atom stereocenters. The Morgan fingerprint density at radius 2 is 2.29 bits per heavy atom. The lowest BCUT2D eigenvalue weighted by Crippen LogP contribution is -2.28. The van der Waals surface area contributed by atoms with Crippen molar-refractivity contribution in [3.8, 4) is 0 Å². The van der Waals surface area contributed by atoms with Gasteiger partial charge in [0.15, 0.2) is 0 Å². The summed E-state index contributed by atoms with van der Waals surface area (Å²) in [4.78, 5) is 0. The second kappa shape index (κ2) is 5.19. The van der Waals surface area contributed by atoms with Gasteiger partial charge in [-0.25, -0.2) is 0 Å². The van der Waals surface area contributed by atoms with E-state index in [0.717, 1.165) is 31.8 Å². The van der Waals surface area contributed by atoms with E-state index in [1.807, 2.05) is 11.7 Å². The highest BCUT2D eigenvalue weighted by Gasteiger charge is 2.42. The van der Waals surface area contributed by atoms with E-state index < -0.39 is 0 Å². The van der Waals surface area contributed by atoms with Crippen LogP contribution in [0.2, 0.25) is 0 Å². The van der Waals surface area contributed by atoms with Gasteiger partial charge < -0.3 is 10.1 Å². The number of aromatic nitrogens is 2. The molecule has 1 saturated carbocycles. The van der Waals surface area contributed by atoms with Gasteiger partial charge in [-0.1, -0.05) is 0 Å². The molecule has 1 N–H and O–H groups in total. The van der Waals surface area contributed by atoms with Gasteiger partial charge in [0.25, 0.3) is 0 Å². The molecule has 0 bridgehead atoms. The molecule has 1 aliphatic carbocycles. The van der Waals surface area contributed by atoms with Crippen molar-refractivity contribution >= 4 is 0 Å². The van der Waals surface area contributed by atoms with Crippen molar-refractivity contribution in [1.29, 1.82) is 0 Å². The average molecular weight is 237 g/mol. The van der Waals surface area contributed by atoms with Crippen LogP contribution >= 0.6 is 0 Å². The molecular weight excluding hydrogens is 214 g/mol. The van der Waals surface area contributed by atoms with Gasteiger partial charge in [-0.15, -0.1) is 0 Å². The van der Waals surface area contributed by atoms with Crippen LogP contribution in [0.25, 0.3) is 0 Å². The molecular formula is C13H23N3O. The van der Waals surface area contributed by atoms with Crippen LogP contribution in [0.5, 0.6) is 0 Å². The highest BCUT2D eigenvalue weighted by molar-refractivity contribution is 5.14. The van der Waals surface area contributed by atoms with Gasteiger partial charge >= 0.3 is 0 Å². The van der Waals surface area contributed by atoms with Crippen molar-refractivity contribution in [1.82, 2.24) is 15.1 Å². The van der Waals surface area contributed by atoms with Gasteiger partial charge in [-0.05, 0) is 37.7 Å². The van der Waals surface area contributed by atoms with Gasteiger partial charge in [0.1, 0.15) is 0 Å². The third-order valence-electron chi connectivity index (χ3n) is 3.60. The van der Waals surface area contributed by atoms with E-state index in [4.69, 9.17) is 4.74 Å². The van der Waals surface area contributed by atoms with Crippen molar-refractivity contribution in [3.05, 3.63) is 17.5 Å². The maximum absolute atomic E-state index is 5.04. The predicted molar refractivity (Wildman–Crippen MR) is 68.1 cm³/mol. The monoisotopic (exact) mass is 237 g/mol. The van der Waals surface area contributed by atoms with Crippen LogP contribution in [0.1, 0.15) is 24.2 Å². The summed E-state index contributed by atoms with van der Waals surface area (Å²) < 4.78 is 7.06. The Morgan fingerprint density at radius 3 is 2.82 bits per heavy atom. The minimum absolute atomic E-state index is 0.480. The molecule has 0 radical (unpaired) electrons. The first-order valence-electron chi connectivity index (χ1n) is 6.34. The summed E-state index contributed by atoms with van der Waals surface area (Å²) in [5, 5.41) is 7.89. The summed E-state index contributed by atoms with van der Waals surface area (Å²) in [5.74, 6) is 0. The highest BCUT2D eigenvalue weighted by Crippen LogP contribution is 2.47. The summed E-state index contributed by atoms with van der Waals surface area (Å²) >= 11 is 0. The minimum Gasteiger partial charge on any atom is -0.383 e. The molecule has 2 rings (SSSR count). The van der Waals surface area contributed by atoms with Crippen LogP contribution in [0.15, 0.2) is 6.07 Å². The lowest BCUT2D eigenvalue weighted by Gasteiger charge is -2.15. The first kappa shape index (κ1) is 12.6. The number of hydrogen-bond donors (Lipinski definition) is 1. The van der Waals surface area contributed by atoms with Gasteiger partial charge in [0.05, 0.1) is 12.3 Å². The predicted octanol–water partition coefficient (Wildman–Crippen LogP) is 1.29. The molecule has 0 unspecified atom stereocenters. The molecule has 1 fully saturated rings. The average Bonchev–Trinajstić information content (AvgIpc) is 2.96. The zero-order valence-corrected chi connectivity index (χ0v) is 11.1. The van der Waals surface area contributed by atoms with Crippen molar-refractivity contribution in [2.75, 3.05) is 26.8 Å². The Hall–Kier alpha value is -0.870. The summed E-state index contributed by atoms with van der Waals surface area (Å²) in [5.41, 5.74) is 2.95. The van der Waals surface area contributed by atoms with Crippen LogP contribution in [0.3, 0.4) is 0 Å². The fourth-order valence-corrected chi connectivity index (χ4v) is 2.33. The van der Waals surface area contributed by atoms with Crippen LogP contribution in [-0.2, 0) is 18.2 Å². The van der Waals surface area contributed by atoms with E-state index in [9.17, 15) is 0 Å². The standard InChI is InChI=1S/C13H23N3O/c1-11-8-12(16(2)15-11)9-13(4-5-13)10-14-6-7-17-3/h8,14H,4-7,9-10H2,1-3H3. The van der Waals surface area contributed by atoms with Crippen molar-refractivity contribution in [2.45, 2.75) is 26.2 Å². The number of rotatable bonds is 7. The summed E-state index contributed by atoms with van der Waals surface area (Å²) in [7, 11) is 3.78. The lowest BCUT2D eigenvalue weighted by molar-refractivity contribution is 0.197. The van der Waals surface area contributed by atoms with Crippen LogP contribution in [0, 0.1) is 12.3 Å². The largest absolute Gasteiger partial charge is 0.383 e. The SMILES string of the molecule is COCCNCC1(Cc2cc(C)nn2C)CC1. The second-order valence-corrected chi connectivity index (χ2v) is 5.25. The van der Waals surface area contributed by atoms with E-state index in [0.29, 0.717) is 5.41 Å². The summed E-state index contributed by atoms with van der Waals surface area (Å²) in [6.45, 7) is 4.89. The molecule has 0 spiro atoms. The van der Waals surface area contributed by atoms with Gasteiger partial charge in [-0.3, -0.25) is 4.68 Å². The second-order valence-electron chi connectivity index (χ2n) is 5.25. The normalized spacial score (nSPS) is 17.4. The molecule has 4 nitrogen and oxygen atoms in total. The highest BCUT2D eigenvalue weighted by atomic mass is 16.5. The number of nitrogens with one attached hydrogen (secondary N) is 1. The van der Waals surface area contributed by atoms with Crippen molar-refractivity contribution in [3.63, 3.8) is 0 Å². The fourth-order valence-electron chi connectivity index (χ4n) is 2.33. The third kappa shape index (κ3) is 3.30. The molecule has 0 amide bonds. The molecule has 1 aromatic rings. The minimum atomic E-state index is 0.480. The summed E-state index contributed by atoms with van der Waals surface area (Å²) in [6, 6.07) is 2.20.